The largest absolute Gasteiger partial charge is 0.338 e. The first kappa shape index (κ1) is 12.2. The Bertz CT molecular complexity index is 552. The van der Waals surface area contributed by atoms with Crippen LogP contribution in [-0.2, 0) is 11.8 Å². The second-order valence-corrected chi connectivity index (χ2v) is 6.74. The maximum atomic E-state index is 12.0. The molecule has 1 spiro atoms. The fourth-order valence-electron chi connectivity index (χ4n) is 3.96. The molecule has 1 aromatic carbocycles. The molecular formula is C17H22N2O. The van der Waals surface area contributed by atoms with Gasteiger partial charge in [-0.05, 0) is 49.1 Å². The van der Waals surface area contributed by atoms with Gasteiger partial charge in [-0.2, -0.15) is 0 Å². The molecule has 3 aliphatic rings. The highest BCUT2D eigenvalue weighted by atomic mass is 16.2. The molecule has 0 heterocycles. The minimum Gasteiger partial charge on any atom is -0.338 e. The molecule has 0 saturated heterocycles. The minimum atomic E-state index is 0.112. The summed E-state index contributed by atoms with van der Waals surface area (Å²) in [5.41, 5.74) is 3.47. The van der Waals surface area contributed by atoms with Gasteiger partial charge in [0.15, 0.2) is 0 Å². The third kappa shape index (κ3) is 1.83. The number of rotatable bonds is 3. The predicted molar refractivity (Wildman–Crippen MR) is 78.7 cm³/mol. The van der Waals surface area contributed by atoms with Gasteiger partial charge in [-0.15, -0.1) is 0 Å². The van der Waals surface area contributed by atoms with Gasteiger partial charge in [0.1, 0.15) is 0 Å². The summed E-state index contributed by atoms with van der Waals surface area (Å²) in [6.45, 7) is 0.838. The van der Waals surface area contributed by atoms with Gasteiger partial charge in [0.2, 0.25) is 0 Å². The maximum Gasteiger partial charge on any atom is 0.317 e. The number of hydrogen-bond donors (Lipinski definition) is 1. The average molecular weight is 270 g/mol. The van der Waals surface area contributed by atoms with Crippen molar-refractivity contribution in [3.63, 3.8) is 0 Å². The number of urea groups is 1. The van der Waals surface area contributed by atoms with Gasteiger partial charge in [0.05, 0.1) is 0 Å². The van der Waals surface area contributed by atoms with Crippen LogP contribution >= 0.6 is 0 Å². The predicted octanol–water partition coefficient (Wildman–Crippen LogP) is 2.69. The van der Waals surface area contributed by atoms with Crippen molar-refractivity contribution in [3.05, 3.63) is 35.4 Å². The Hall–Kier alpha value is -1.51. The Morgan fingerprint density at radius 1 is 1.40 bits per heavy atom. The molecule has 20 heavy (non-hydrogen) atoms. The summed E-state index contributed by atoms with van der Waals surface area (Å²) < 4.78 is 0. The zero-order valence-electron chi connectivity index (χ0n) is 12.1. The van der Waals surface area contributed by atoms with Crippen molar-refractivity contribution in [1.82, 2.24) is 10.2 Å². The van der Waals surface area contributed by atoms with Crippen LogP contribution in [0.4, 0.5) is 4.79 Å². The number of nitrogens with one attached hydrogen (secondary N) is 1. The van der Waals surface area contributed by atoms with E-state index in [4.69, 9.17) is 0 Å². The molecule has 3 nitrogen and oxygen atoms in total. The van der Waals surface area contributed by atoms with Crippen LogP contribution in [0.25, 0.3) is 0 Å². The van der Waals surface area contributed by atoms with Crippen molar-refractivity contribution >= 4 is 6.03 Å². The summed E-state index contributed by atoms with van der Waals surface area (Å²) in [5.74, 6) is 0.641. The van der Waals surface area contributed by atoms with Crippen LogP contribution in [0.5, 0.6) is 0 Å². The maximum absolute atomic E-state index is 12.0. The highest BCUT2D eigenvalue weighted by Gasteiger charge is 2.57. The Balaban J connectivity index is 1.38. The molecule has 0 bridgehead atoms. The molecular weight excluding hydrogens is 248 g/mol. The number of carbonyl (C=O) groups is 1. The van der Waals surface area contributed by atoms with Crippen LogP contribution in [0, 0.1) is 5.92 Å². The Morgan fingerprint density at radius 3 is 3.00 bits per heavy atom. The van der Waals surface area contributed by atoms with Crippen LogP contribution in [0.15, 0.2) is 24.3 Å². The van der Waals surface area contributed by atoms with Gasteiger partial charge in [0, 0.05) is 25.0 Å². The molecule has 0 unspecified atom stereocenters. The van der Waals surface area contributed by atoms with Crippen LogP contribution in [0.2, 0.25) is 0 Å². The first-order chi connectivity index (χ1) is 9.71. The van der Waals surface area contributed by atoms with E-state index < -0.39 is 0 Å². The Morgan fingerprint density at radius 2 is 2.20 bits per heavy atom. The third-order valence-corrected chi connectivity index (χ3v) is 5.54. The third-order valence-electron chi connectivity index (χ3n) is 5.54. The van der Waals surface area contributed by atoms with Crippen LogP contribution < -0.4 is 5.32 Å². The van der Waals surface area contributed by atoms with Crippen molar-refractivity contribution in [2.75, 3.05) is 13.6 Å². The summed E-state index contributed by atoms with van der Waals surface area (Å²) in [6, 6.07) is 9.46. The normalized spacial score (nSPS) is 30.1. The van der Waals surface area contributed by atoms with E-state index in [1.165, 1.54) is 37.7 Å². The smallest absolute Gasteiger partial charge is 0.317 e. The number of aryl methyl sites for hydroxylation is 1. The van der Waals surface area contributed by atoms with Crippen LogP contribution in [0.1, 0.15) is 36.8 Å². The molecule has 2 atom stereocenters. The minimum absolute atomic E-state index is 0.112. The fourth-order valence-corrected chi connectivity index (χ4v) is 3.96. The molecule has 3 heteroatoms. The van der Waals surface area contributed by atoms with Gasteiger partial charge in [-0.25, -0.2) is 4.79 Å². The van der Waals surface area contributed by atoms with Gasteiger partial charge in [-0.3, -0.25) is 0 Å². The lowest BCUT2D eigenvalue weighted by Crippen LogP contribution is -2.40. The number of amides is 2. The molecule has 0 aromatic heterocycles. The van der Waals surface area contributed by atoms with E-state index in [1.807, 2.05) is 11.9 Å². The second-order valence-electron chi connectivity index (χ2n) is 6.74. The molecule has 1 aromatic rings. The lowest BCUT2D eigenvalue weighted by molar-refractivity contribution is 0.206. The quantitative estimate of drug-likeness (QED) is 0.900. The van der Waals surface area contributed by atoms with Gasteiger partial charge in [-0.1, -0.05) is 24.3 Å². The monoisotopic (exact) mass is 270 g/mol. The first-order valence-corrected chi connectivity index (χ1v) is 7.80. The fraction of sp³-hybridized carbons (Fsp3) is 0.588. The molecule has 4 rings (SSSR count). The van der Waals surface area contributed by atoms with E-state index in [9.17, 15) is 4.79 Å². The lowest BCUT2D eigenvalue weighted by atomic mass is 9.95. The highest BCUT2D eigenvalue weighted by Crippen LogP contribution is 2.61. The summed E-state index contributed by atoms with van der Waals surface area (Å²) in [5, 5.41) is 3.13. The molecule has 2 amide bonds. The topological polar surface area (TPSA) is 32.3 Å². The molecule has 1 N–H and O–H groups in total. The van der Waals surface area contributed by atoms with Crippen molar-refractivity contribution in [1.29, 1.82) is 0 Å². The molecule has 3 aliphatic carbocycles. The summed E-state index contributed by atoms with van der Waals surface area (Å²) in [4.78, 5) is 13.9. The zero-order chi connectivity index (χ0) is 13.7. The van der Waals surface area contributed by atoms with Crippen molar-refractivity contribution in [2.24, 2.45) is 5.92 Å². The molecule has 0 aliphatic heterocycles. The molecule has 106 valence electrons. The van der Waals surface area contributed by atoms with E-state index >= 15 is 0 Å². The second kappa shape index (κ2) is 4.24. The van der Waals surface area contributed by atoms with Crippen molar-refractivity contribution in [3.8, 4) is 0 Å². The number of benzene rings is 1. The number of carbonyl (C=O) groups excluding carboxylic acids is 1. The molecule has 2 fully saturated rings. The molecule has 0 radical (unpaired) electrons. The zero-order valence-corrected chi connectivity index (χ0v) is 12.1. The standard InChI is InChI=1S/C17H22N2O/c1-19(14-6-7-14)16(20)18-11-13-10-17(13)9-8-12-4-2-3-5-15(12)17/h2-5,13-14H,6-11H2,1H3,(H,18,20)/t13-,17+/m0/s1. The van der Waals surface area contributed by atoms with E-state index in [-0.39, 0.29) is 6.03 Å². The average Bonchev–Trinajstić information content (AvgIpc) is 3.36. The van der Waals surface area contributed by atoms with Gasteiger partial charge in [0.25, 0.3) is 0 Å². The van der Waals surface area contributed by atoms with E-state index in [1.54, 1.807) is 5.56 Å². The van der Waals surface area contributed by atoms with Crippen LogP contribution in [-0.4, -0.2) is 30.6 Å². The van der Waals surface area contributed by atoms with Crippen molar-refractivity contribution in [2.45, 2.75) is 43.6 Å². The summed E-state index contributed by atoms with van der Waals surface area (Å²) >= 11 is 0. The number of hydrogen-bond acceptors (Lipinski definition) is 1. The summed E-state index contributed by atoms with van der Waals surface area (Å²) in [7, 11) is 1.92. The summed E-state index contributed by atoms with van der Waals surface area (Å²) in [6.07, 6.45) is 6.07. The van der Waals surface area contributed by atoms with E-state index in [2.05, 4.69) is 29.6 Å². The molecule has 2 saturated carbocycles. The van der Waals surface area contributed by atoms with E-state index in [0.29, 0.717) is 17.4 Å². The number of nitrogens with zero attached hydrogens (tertiary/aromatic N) is 1. The van der Waals surface area contributed by atoms with Gasteiger partial charge < -0.3 is 10.2 Å². The SMILES string of the molecule is CN(C(=O)NC[C@@H]1C[C@]12CCc1ccccc12)C1CC1. The number of fused-ring (bicyclic) bond motifs is 2. The first-order valence-electron chi connectivity index (χ1n) is 7.80. The van der Waals surface area contributed by atoms with E-state index in [0.717, 1.165) is 6.54 Å². The van der Waals surface area contributed by atoms with Crippen LogP contribution in [0.3, 0.4) is 0 Å². The van der Waals surface area contributed by atoms with Crippen molar-refractivity contribution < 1.29 is 4.79 Å². The highest BCUT2D eigenvalue weighted by molar-refractivity contribution is 5.74. The van der Waals surface area contributed by atoms with Gasteiger partial charge >= 0.3 is 6.03 Å². The Labute approximate surface area is 120 Å². The lowest BCUT2D eigenvalue weighted by Gasteiger charge is -2.18. The Kier molecular flexibility index (Phi) is 2.60.